The predicted molar refractivity (Wildman–Crippen MR) is 151 cm³/mol. The zero-order valence-electron chi connectivity index (χ0n) is 21.7. The van der Waals surface area contributed by atoms with E-state index in [0.29, 0.717) is 27.2 Å². The minimum absolute atomic E-state index is 0.0206. The minimum atomic E-state index is -3.80. The monoisotopic (exact) mass is 539 g/mol. The molecule has 1 aliphatic heterocycles. The van der Waals surface area contributed by atoms with Crippen LogP contribution in [-0.4, -0.2) is 24.0 Å². The molecule has 1 spiro atoms. The molecule has 0 amide bonds. The fourth-order valence-corrected chi connectivity index (χ4v) is 13.3. The summed E-state index contributed by atoms with van der Waals surface area (Å²) >= 11 is 4.33. The molecule has 6 rings (SSSR count). The number of fused-ring (bicyclic) bond motifs is 5. The van der Waals surface area contributed by atoms with Crippen molar-refractivity contribution in [1.82, 2.24) is 0 Å². The van der Waals surface area contributed by atoms with E-state index in [-0.39, 0.29) is 15.3 Å². The van der Waals surface area contributed by atoms with E-state index in [4.69, 9.17) is 6.57 Å². The highest BCUT2D eigenvalue weighted by atomic mass is 32.2. The molecule has 3 saturated carbocycles. The van der Waals surface area contributed by atoms with E-state index in [9.17, 15) is 8.42 Å². The lowest BCUT2D eigenvalue weighted by Gasteiger charge is -2.58. The Kier molecular flexibility index (Phi) is 6.06. The maximum absolute atomic E-state index is 13.6. The molecule has 5 atom stereocenters. The number of nitrogens with zero attached hydrogens (tertiary/aromatic N) is 1. The fraction of sp³-hybridized carbons (Fsp3) is 0.633. The molecule has 1 heterocycles. The van der Waals surface area contributed by atoms with E-state index in [0.717, 1.165) is 36.8 Å². The van der Waals surface area contributed by atoms with Crippen molar-refractivity contribution in [2.24, 2.45) is 28.6 Å². The number of hydrogen-bond acceptors (Lipinski definition) is 4. The van der Waals surface area contributed by atoms with Crippen LogP contribution in [0, 0.1) is 42.1 Å². The molecule has 36 heavy (non-hydrogen) atoms. The first kappa shape index (κ1) is 25.1. The van der Waals surface area contributed by atoms with Gasteiger partial charge in [0.1, 0.15) is 0 Å². The molecule has 6 heteroatoms. The number of sulfone groups is 1. The second kappa shape index (κ2) is 8.68. The van der Waals surface area contributed by atoms with E-state index in [1.807, 2.05) is 19.1 Å². The standard InChI is InChI=1S/C30H37NO2S3/c1-20-5-8-22(9-6-20)36(32,33)27(31-4)26-12-11-24-23-10-7-21-19-30(34-17-18-35-30)16-15-28(21,2)25(23)13-14-29(24,26)3/h5-6,8-9,19,23-25H,7,10-18H2,1-3H3/t23-,24-,25-,28-,29-/m0/s1. The SMILES string of the molecule is [C-]#[N+]C(=C1CC[C@H]2[C@@H]3CCC4=CC5(CC[C@]4(C)[C@H]3CC[C@]12C)SCCS5)S(=O)(=O)c1ccc(C)cc1. The second-order valence-electron chi connectivity index (χ2n) is 12.2. The van der Waals surface area contributed by atoms with Gasteiger partial charge in [-0.3, -0.25) is 0 Å². The topological polar surface area (TPSA) is 38.5 Å². The van der Waals surface area contributed by atoms with Gasteiger partial charge in [-0.1, -0.05) is 43.2 Å². The predicted octanol–water partition coefficient (Wildman–Crippen LogP) is 8.04. The average Bonchev–Trinajstić information content (AvgIpc) is 3.45. The second-order valence-corrected chi connectivity index (χ2v) is 17.2. The van der Waals surface area contributed by atoms with Gasteiger partial charge in [0.15, 0.2) is 0 Å². The van der Waals surface area contributed by atoms with Crippen LogP contribution in [0.1, 0.15) is 70.8 Å². The molecule has 1 aromatic carbocycles. The lowest BCUT2D eigenvalue weighted by atomic mass is 9.47. The van der Waals surface area contributed by atoms with Gasteiger partial charge in [0.25, 0.3) is 5.03 Å². The van der Waals surface area contributed by atoms with Crippen LogP contribution in [0.4, 0.5) is 0 Å². The molecule has 0 N–H and O–H groups in total. The van der Waals surface area contributed by atoms with Crippen LogP contribution in [-0.2, 0) is 9.84 Å². The summed E-state index contributed by atoms with van der Waals surface area (Å²) in [6, 6.07) is 6.98. The Balaban J connectivity index is 1.34. The van der Waals surface area contributed by atoms with Crippen molar-refractivity contribution < 1.29 is 8.42 Å². The summed E-state index contributed by atoms with van der Waals surface area (Å²) < 4.78 is 27.6. The van der Waals surface area contributed by atoms with Crippen molar-refractivity contribution in [2.75, 3.05) is 11.5 Å². The third-order valence-electron chi connectivity index (χ3n) is 10.6. The first-order chi connectivity index (χ1) is 17.1. The zero-order valence-corrected chi connectivity index (χ0v) is 24.1. The number of hydrogen-bond donors (Lipinski definition) is 0. The Hall–Kier alpha value is -1.16. The van der Waals surface area contributed by atoms with Crippen molar-refractivity contribution in [3.8, 4) is 0 Å². The molecule has 1 aromatic rings. The quantitative estimate of drug-likeness (QED) is 0.282. The molecular weight excluding hydrogens is 503 g/mol. The Labute approximate surface area is 225 Å². The highest BCUT2D eigenvalue weighted by Gasteiger charge is 2.59. The number of aryl methyl sites for hydroxylation is 1. The lowest BCUT2D eigenvalue weighted by molar-refractivity contribution is -0.0256. The van der Waals surface area contributed by atoms with Crippen LogP contribution in [0.5, 0.6) is 0 Å². The van der Waals surface area contributed by atoms with Crippen LogP contribution in [0.25, 0.3) is 4.85 Å². The van der Waals surface area contributed by atoms with Crippen LogP contribution in [0.3, 0.4) is 0 Å². The molecule has 4 fully saturated rings. The highest BCUT2D eigenvalue weighted by Crippen LogP contribution is 2.69. The van der Waals surface area contributed by atoms with Gasteiger partial charge >= 0.3 is 0 Å². The summed E-state index contributed by atoms with van der Waals surface area (Å²) in [4.78, 5) is 3.98. The maximum atomic E-state index is 13.6. The van der Waals surface area contributed by atoms with E-state index < -0.39 is 9.84 Å². The van der Waals surface area contributed by atoms with Crippen molar-refractivity contribution >= 4 is 33.4 Å². The molecule has 1 saturated heterocycles. The molecule has 3 nitrogen and oxygen atoms in total. The first-order valence-electron chi connectivity index (χ1n) is 13.6. The largest absolute Gasteiger partial charge is 0.282 e. The Morgan fingerprint density at radius 1 is 0.944 bits per heavy atom. The summed E-state index contributed by atoms with van der Waals surface area (Å²) in [5.41, 5.74) is 3.79. The van der Waals surface area contributed by atoms with Gasteiger partial charge in [-0.05, 0) is 105 Å². The Morgan fingerprint density at radius 2 is 1.64 bits per heavy atom. The van der Waals surface area contributed by atoms with Crippen LogP contribution in [0.15, 0.2) is 51.4 Å². The fourth-order valence-electron chi connectivity index (χ4n) is 8.66. The maximum Gasteiger partial charge on any atom is 0.282 e. The normalized spacial score (nSPS) is 38.5. The minimum Gasteiger partial charge on any atom is -0.230 e. The molecule has 0 unspecified atom stereocenters. The van der Waals surface area contributed by atoms with E-state index in [2.05, 4.69) is 48.3 Å². The lowest BCUT2D eigenvalue weighted by Crippen LogP contribution is -2.50. The van der Waals surface area contributed by atoms with Gasteiger partial charge in [-0.25, -0.2) is 13.3 Å². The number of rotatable bonds is 2. The number of allylic oxidation sites excluding steroid dienone is 2. The van der Waals surface area contributed by atoms with Crippen LogP contribution < -0.4 is 0 Å². The van der Waals surface area contributed by atoms with E-state index in [1.54, 1.807) is 17.7 Å². The third-order valence-corrected chi connectivity index (χ3v) is 15.8. The van der Waals surface area contributed by atoms with Gasteiger partial charge < -0.3 is 0 Å². The molecule has 0 radical (unpaired) electrons. The Bertz CT molecular complexity index is 1280. The average molecular weight is 540 g/mol. The van der Waals surface area contributed by atoms with Gasteiger partial charge in [-0.2, -0.15) is 0 Å². The van der Waals surface area contributed by atoms with E-state index >= 15 is 0 Å². The summed E-state index contributed by atoms with van der Waals surface area (Å²) in [6.07, 6.45) is 11.6. The van der Waals surface area contributed by atoms with Crippen molar-refractivity contribution in [3.05, 3.63) is 63.5 Å². The van der Waals surface area contributed by atoms with Crippen molar-refractivity contribution in [1.29, 1.82) is 0 Å². The highest BCUT2D eigenvalue weighted by molar-refractivity contribution is 8.21. The van der Waals surface area contributed by atoms with Crippen molar-refractivity contribution in [3.63, 3.8) is 0 Å². The van der Waals surface area contributed by atoms with E-state index in [1.165, 1.54) is 37.2 Å². The summed E-state index contributed by atoms with van der Waals surface area (Å²) in [6.45, 7) is 14.7. The molecular formula is C30H37NO2S3. The van der Waals surface area contributed by atoms with Gasteiger partial charge in [0, 0.05) is 11.5 Å². The molecule has 0 bridgehead atoms. The summed E-state index contributed by atoms with van der Waals surface area (Å²) in [7, 11) is -3.80. The first-order valence-corrected chi connectivity index (χ1v) is 17.0. The molecule has 5 aliphatic rings. The molecule has 192 valence electrons. The number of thioether (sulfide) groups is 2. The summed E-state index contributed by atoms with van der Waals surface area (Å²) in [5.74, 6) is 4.37. The van der Waals surface area contributed by atoms with Crippen LogP contribution in [0.2, 0.25) is 0 Å². The third kappa shape index (κ3) is 3.62. The van der Waals surface area contributed by atoms with Crippen molar-refractivity contribution in [2.45, 2.75) is 81.1 Å². The smallest absolute Gasteiger partial charge is 0.230 e. The van der Waals surface area contributed by atoms with Gasteiger partial charge in [-0.15, -0.1) is 23.5 Å². The molecule has 4 aliphatic carbocycles. The zero-order chi connectivity index (χ0) is 25.3. The van der Waals surface area contributed by atoms with Gasteiger partial charge in [0.05, 0.1) is 15.5 Å². The van der Waals surface area contributed by atoms with Crippen LogP contribution >= 0.6 is 23.5 Å². The Morgan fingerprint density at radius 3 is 2.33 bits per heavy atom. The summed E-state index contributed by atoms with van der Waals surface area (Å²) in [5, 5.41) is 0.0206. The molecule has 0 aromatic heterocycles. The number of benzene rings is 1. The van der Waals surface area contributed by atoms with Gasteiger partial charge in [0.2, 0.25) is 9.84 Å².